The van der Waals surface area contributed by atoms with Crippen molar-refractivity contribution < 1.29 is 4.79 Å². The van der Waals surface area contributed by atoms with Crippen molar-refractivity contribution in [2.24, 2.45) is 5.84 Å². The van der Waals surface area contributed by atoms with Gasteiger partial charge in [-0.3, -0.25) is 20.0 Å². The van der Waals surface area contributed by atoms with Gasteiger partial charge in [-0.15, -0.1) is 24.4 Å². The van der Waals surface area contributed by atoms with E-state index < -0.39 is 0 Å². The number of carbonyl (C=O) groups is 1. The molecule has 1 aromatic rings. The van der Waals surface area contributed by atoms with Gasteiger partial charge in [0.15, 0.2) is 0 Å². The summed E-state index contributed by atoms with van der Waals surface area (Å²) < 4.78 is 0.151. The largest absolute Gasteiger partial charge is 0.293 e. The van der Waals surface area contributed by atoms with Crippen LogP contribution in [0.15, 0.2) is 24.3 Å². The molecule has 8 heteroatoms. The van der Waals surface area contributed by atoms with Gasteiger partial charge in [-0.05, 0) is 31.2 Å². The minimum atomic E-state index is -0.313. The minimum absolute atomic E-state index is 0.151. The van der Waals surface area contributed by atoms with Gasteiger partial charge in [-0.2, -0.15) is 0 Å². The molecular weight excluding hydrogens is 328 g/mol. The van der Waals surface area contributed by atoms with Gasteiger partial charge in [0.1, 0.15) is 4.71 Å². The molecule has 0 radical (unpaired) electrons. The number of hydrazine groups is 1. The van der Waals surface area contributed by atoms with Crippen LogP contribution < -0.4 is 11.3 Å². The molecule has 116 valence electrons. The second-order valence-corrected chi connectivity index (χ2v) is 7.28. The molecule has 1 amide bonds. The standard InChI is InChI=1S/C13H19ClN4OS2/c1-17-7-18(8-21-13(17)20)11(12(19)16-15)6-9-2-4-10(14)5-3-9/h2-5,11,13,20H,6-8,15H2,1H3,(H,16,19). The van der Waals surface area contributed by atoms with Gasteiger partial charge in [-0.25, -0.2) is 5.84 Å². The molecular formula is C13H19ClN4OS2. The maximum absolute atomic E-state index is 12.1. The van der Waals surface area contributed by atoms with Gasteiger partial charge >= 0.3 is 0 Å². The Morgan fingerprint density at radius 1 is 1.57 bits per heavy atom. The fraction of sp³-hybridized carbons (Fsp3) is 0.462. The Bertz CT molecular complexity index is 488. The zero-order valence-corrected chi connectivity index (χ0v) is 14.2. The fourth-order valence-corrected chi connectivity index (χ4v) is 3.51. The Balaban J connectivity index is 2.11. The van der Waals surface area contributed by atoms with Crippen molar-refractivity contribution in [3.63, 3.8) is 0 Å². The molecule has 0 saturated carbocycles. The second-order valence-electron chi connectivity index (χ2n) is 4.96. The number of hydrogen-bond acceptors (Lipinski definition) is 6. The normalized spacial score (nSPS) is 22.0. The van der Waals surface area contributed by atoms with Gasteiger partial charge in [0.25, 0.3) is 5.91 Å². The molecule has 1 fully saturated rings. The van der Waals surface area contributed by atoms with Gasteiger partial charge in [0.05, 0.1) is 12.7 Å². The topological polar surface area (TPSA) is 61.6 Å². The third-order valence-corrected chi connectivity index (χ3v) is 5.63. The van der Waals surface area contributed by atoms with E-state index in [1.807, 2.05) is 31.3 Å². The molecule has 2 rings (SSSR count). The second kappa shape index (κ2) is 7.71. The molecule has 0 aromatic heterocycles. The number of thioether (sulfide) groups is 1. The van der Waals surface area contributed by atoms with Crippen LogP contribution >= 0.6 is 36.0 Å². The first-order valence-electron chi connectivity index (χ1n) is 6.50. The lowest BCUT2D eigenvalue weighted by Gasteiger charge is -2.40. The summed E-state index contributed by atoms with van der Waals surface area (Å²) >= 11 is 12.0. The Labute approximate surface area is 139 Å². The van der Waals surface area contributed by atoms with Crippen molar-refractivity contribution >= 4 is 41.9 Å². The highest BCUT2D eigenvalue weighted by Gasteiger charge is 2.31. The van der Waals surface area contributed by atoms with Crippen molar-refractivity contribution in [2.75, 3.05) is 19.6 Å². The van der Waals surface area contributed by atoms with Crippen molar-refractivity contribution in [3.05, 3.63) is 34.9 Å². The SMILES string of the molecule is CN1CN(C(Cc2ccc(Cl)cc2)C(=O)NN)CSC1S. The zero-order chi connectivity index (χ0) is 15.4. The molecule has 3 N–H and O–H groups in total. The molecule has 1 aromatic carbocycles. The Kier molecular flexibility index (Phi) is 6.21. The molecule has 1 saturated heterocycles. The first-order chi connectivity index (χ1) is 10.0. The summed E-state index contributed by atoms with van der Waals surface area (Å²) in [5.74, 6) is 5.89. The van der Waals surface area contributed by atoms with Crippen LogP contribution in [0.25, 0.3) is 0 Å². The third-order valence-electron chi connectivity index (χ3n) is 3.40. The van der Waals surface area contributed by atoms with E-state index in [-0.39, 0.29) is 16.7 Å². The molecule has 1 heterocycles. The van der Waals surface area contributed by atoms with Crippen LogP contribution in [0.5, 0.6) is 0 Å². The van der Waals surface area contributed by atoms with E-state index in [9.17, 15) is 4.79 Å². The van der Waals surface area contributed by atoms with E-state index in [0.29, 0.717) is 18.1 Å². The van der Waals surface area contributed by atoms with Gasteiger partial charge in [0, 0.05) is 10.9 Å². The summed E-state index contributed by atoms with van der Waals surface area (Å²) in [6, 6.07) is 7.21. The van der Waals surface area contributed by atoms with Gasteiger partial charge < -0.3 is 0 Å². The lowest BCUT2D eigenvalue weighted by atomic mass is 10.0. The summed E-state index contributed by atoms with van der Waals surface area (Å²) in [6.07, 6.45) is 0.589. The van der Waals surface area contributed by atoms with Crippen LogP contribution in [0.3, 0.4) is 0 Å². The summed E-state index contributed by atoms with van der Waals surface area (Å²) in [7, 11) is 1.98. The summed E-state index contributed by atoms with van der Waals surface area (Å²) in [4.78, 5) is 16.3. The summed E-state index contributed by atoms with van der Waals surface area (Å²) in [6.45, 7) is 0.673. The molecule has 2 atom stereocenters. The number of nitrogens with two attached hydrogens (primary N) is 1. The fourth-order valence-electron chi connectivity index (χ4n) is 2.20. The number of halogens is 1. The zero-order valence-electron chi connectivity index (χ0n) is 11.7. The quantitative estimate of drug-likeness (QED) is 0.332. The molecule has 1 aliphatic heterocycles. The van der Waals surface area contributed by atoms with E-state index in [0.717, 1.165) is 11.4 Å². The highest BCUT2D eigenvalue weighted by molar-refractivity contribution is 8.10. The molecule has 0 spiro atoms. The van der Waals surface area contributed by atoms with Gasteiger partial charge in [-0.1, -0.05) is 23.7 Å². The number of benzene rings is 1. The number of hydrogen-bond donors (Lipinski definition) is 3. The number of nitrogens with zero attached hydrogens (tertiary/aromatic N) is 2. The Morgan fingerprint density at radius 2 is 2.24 bits per heavy atom. The summed E-state index contributed by atoms with van der Waals surface area (Å²) in [5.41, 5.74) is 3.32. The van der Waals surface area contributed by atoms with E-state index in [2.05, 4.69) is 27.9 Å². The first kappa shape index (κ1) is 16.9. The van der Waals surface area contributed by atoms with E-state index in [1.165, 1.54) is 0 Å². The number of carbonyl (C=O) groups excluding carboxylic acids is 1. The highest BCUT2D eigenvalue weighted by atomic mass is 35.5. The maximum atomic E-state index is 12.1. The predicted octanol–water partition coefficient (Wildman–Crippen LogP) is 1.35. The maximum Gasteiger partial charge on any atom is 0.251 e. The van der Waals surface area contributed by atoms with Gasteiger partial charge in [0.2, 0.25) is 0 Å². The van der Waals surface area contributed by atoms with Crippen molar-refractivity contribution in [1.29, 1.82) is 0 Å². The van der Waals surface area contributed by atoms with E-state index in [1.54, 1.807) is 11.8 Å². The number of thiol groups is 1. The number of nitrogens with one attached hydrogen (secondary N) is 1. The van der Waals surface area contributed by atoms with Crippen LogP contribution in [0.1, 0.15) is 5.56 Å². The Morgan fingerprint density at radius 3 is 2.81 bits per heavy atom. The molecule has 0 bridgehead atoms. The van der Waals surface area contributed by atoms with E-state index >= 15 is 0 Å². The number of rotatable bonds is 4. The number of amides is 1. The Hall–Kier alpha value is -0.440. The summed E-state index contributed by atoms with van der Waals surface area (Å²) in [5, 5.41) is 0.685. The van der Waals surface area contributed by atoms with Crippen molar-refractivity contribution in [1.82, 2.24) is 15.2 Å². The lowest BCUT2D eigenvalue weighted by Crippen LogP contribution is -2.55. The first-order valence-corrected chi connectivity index (χ1v) is 8.44. The minimum Gasteiger partial charge on any atom is -0.293 e. The van der Waals surface area contributed by atoms with Crippen LogP contribution in [-0.2, 0) is 11.2 Å². The van der Waals surface area contributed by atoms with Crippen LogP contribution in [0, 0.1) is 0 Å². The average Bonchev–Trinajstić information content (AvgIpc) is 2.49. The van der Waals surface area contributed by atoms with Crippen LogP contribution in [-0.4, -0.2) is 46.0 Å². The van der Waals surface area contributed by atoms with Crippen molar-refractivity contribution in [3.8, 4) is 0 Å². The monoisotopic (exact) mass is 346 g/mol. The van der Waals surface area contributed by atoms with E-state index in [4.69, 9.17) is 17.4 Å². The highest BCUT2D eigenvalue weighted by Crippen LogP contribution is 2.27. The smallest absolute Gasteiger partial charge is 0.251 e. The van der Waals surface area contributed by atoms with Crippen LogP contribution in [0.2, 0.25) is 5.02 Å². The van der Waals surface area contributed by atoms with Crippen LogP contribution in [0.4, 0.5) is 0 Å². The third kappa shape index (κ3) is 4.51. The molecule has 1 aliphatic rings. The molecule has 0 aliphatic carbocycles. The average molecular weight is 347 g/mol. The predicted molar refractivity (Wildman–Crippen MR) is 91.0 cm³/mol. The molecule has 21 heavy (non-hydrogen) atoms. The lowest BCUT2D eigenvalue weighted by molar-refractivity contribution is -0.127. The van der Waals surface area contributed by atoms with Crippen molar-refractivity contribution in [2.45, 2.75) is 17.2 Å². The molecule has 5 nitrogen and oxygen atoms in total. The molecule has 2 unspecified atom stereocenters.